The molecule has 1 N–H and O–H groups in total. The second-order valence-corrected chi connectivity index (χ2v) is 4.07. The van der Waals surface area contributed by atoms with E-state index in [4.69, 9.17) is 9.84 Å². The van der Waals surface area contributed by atoms with Crippen LogP contribution in [0.5, 0.6) is 5.75 Å². The van der Waals surface area contributed by atoms with Gasteiger partial charge >= 0.3 is 5.97 Å². The Kier molecular flexibility index (Phi) is 5.91. The molecule has 0 unspecified atom stereocenters. The minimum absolute atomic E-state index is 0.126. The first-order valence-corrected chi connectivity index (χ1v) is 6.12. The van der Waals surface area contributed by atoms with Crippen molar-refractivity contribution in [3.8, 4) is 5.75 Å². The molecular formula is C14H18O4. The van der Waals surface area contributed by atoms with Gasteiger partial charge in [-0.05, 0) is 12.5 Å². The Labute approximate surface area is 107 Å². The third kappa shape index (κ3) is 4.57. The highest BCUT2D eigenvalue weighted by atomic mass is 16.5. The van der Waals surface area contributed by atoms with Crippen LogP contribution in [0.25, 0.3) is 0 Å². The second-order valence-electron chi connectivity index (χ2n) is 4.07. The summed E-state index contributed by atoms with van der Waals surface area (Å²) in [7, 11) is 0. The monoisotopic (exact) mass is 250 g/mol. The summed E-state index contributed by atoms with van der Waals surface area (Å²) < 4.78 is 5.57. The number of rotatable bonds is 8. The van der Waals surface area contributed by atoms with Crippen molar-refractivity contribution < 1.29 is 19.4 Å². The van der Waals surface area contributed by atoms with Gasteiger partial charge in [0.15, 0.2) is 0 Å². The van der Waals surface area contributed by atoms with Crippen molar-refractivity contribution in [2.75, 3.05) is 6.61 Å². The molecule has 1 rings (SSSR count). The number of carbonyl (C=O) groups is 2. The quantitative estimate of drug-likeness (QED) is 0.568. The Balaban J connectivity index is 2.61. The van der Waals surface area contributed by atoms with Crippen molar-refractivity contribution in [1.29, 1.82) is 0 Å². The molecule has 0 atom stereocenters. The second kappa shape index (κ2) is 7.48. The number of unbranched alkanes of at least 4 members (excludes halogenated alkanes) is 2. The lowest BCUT2D eigenvalue weighted by Gasteiger charge is -2.10. The average Bonchev–Trinajstić information content (AvgIpc) is 2.36. The fraction of sp³-hybridized carbons (Fsp3) is 0.429. The minimum atomic E-state index is -1.41. The number of carboxylic acids is 1. The number of benzene rings is 1. The Bertz CT molecular complexity index is 412. The van der Waals surface area contributed by atoms with Crippen LogP contribution in [-0.4, -0.2) is 23.5 Å². The van der Waals surface area contributed by atoms with E-state index >= 15 is 0 Å². The molecule has 0 saturated heterocycles. The number of Topliss-reactive ketones (excluding diaryl/α,β-unsaturated/α-hetero) is 1. The molecule has 0 fully saturated rings. The first kappa shape index (κ1) is 14.2. The molecular weight excluding hydrogens is 232 g/mol. The van der Waals surface area contributed by atoms with E-state index in [2.05, 4.69) is 6.92 Å². The molecule has 0 amide bonds. The zero-order valence-electron chi connectivity index (χ0n) is 10.5. The van der Waals surface area contributed by atoms with E-state index in [-0.39, 0.29) is 6.42 Å². The predicted octanol–water partition coefficient (Wildman–Crippen LogP) is 2.45. The normalized spacial score (nSPS) is 10.1. The van der Waals surface area contributed by atoms with Crippen LogP contribution in [-0.2, 0) is 16.0 Å². The van der Waals surface area contributed by atoms with Crippen molar-refractivity contribution in [3.63, 3.8) is 0 Å². The number of aliphatic carboxylic acids is 1. The van der Waals surface area contributed by atoms with E-state index in [1.807, 2.05) is 6.07 Å². The predicted molar refractivity (Wildman–Crippen MR) is 67.8 cm³/mol. The maximum absolute atomic E-state index is 11.2. The van der Waals surface area contributed by atoms with E-state index < -0.39 is 11.8 Å². The topological polar surface area (TPSA) is 63.6 Å². The maximum atomic E-state index is 11.2. The molecule has 0 aliphatic heterocycles. The SMILES string of the molecule is CCCCCOc1ccccc1CC(=O)C(=O)O. The van der Waals surface area contributed by atoms with Gasteiger partial charge in [0.2, 0.25) is 5.78 Å². The van der Waals surface area contributed by atoms with Crippen molar-refractivity contribution >= 4 is 11.8 Å². The highest BCUT2D eigenvalue weighted by Gasteiger charge is 2.14. The number of para-hydroxylation sites is 1. The van der Waals surface area contributed by atoms with E-state index in [0.29, 0.717) is 17.9 Å². The van der Waals surface area contributed by atoms with Crippen LogP contribution in [0.15, 0.2) is 24.3 Å². The Hall–Kier alpha value is -1.84. The Morgan fingerprint density at radius 1 is 1.22 bits per heavy atom. The lowest BCUT2D eigenvalue weighted by molar-refractivity contribution is -0.148. The smallest absolute Gasteiger partial charge is 0.372 e. The molecule has 0 radical (unpaired) electrons. The van der Waals surface area contributed by atoms with Gasteiger partial charge in [-0.15, -0.1) is 0 Å². The molecule has 0 aliphatic carbocycles. The summed E-state index contributed by atoms with van der Waals surface area (Å²) in [5.41, 5.74) is 0.626. The fourth-order valence-electron chi connectivity index (χ4n) is 1.57. The highest BCUT2D eigenvalue weighted by Crippen LogP contribution is 2.19. The molecule has 4 nitrogen and oxygen atoms in total. The molecule has 1 aromatic rings. The zero-order chi connectivity index (χ0) is 13.4. The number of ether oxygens (including phenoxy) is 1. The van der Waals surface area contributed by atoms with Gasteiger partial charge in [-0.3, -0.25) is 4.79 Å². The van der Waals surface area contributed by atoms with Crippen LogP contribution in [0, 0.1) is 0 Å². The van der Waals surface area contributed by atoms with Gasteiger partial charge in [0.1, 0.15) is 5.75 Å². The largest absolute Gasteiger partial charge is 0.493 e. The highest BCUT2D eigenvalue weighted by molar-refractivity contribution is 6.33. The zero-order valence-corrected chi connectivity index (χ0v) is 10.5. The first-order chi connectivity index (χ1) is 8.65. The molecule has 18 heavy (non-hydrogen) atoms. The molecule has 4 heteroatoms. The summed E-state index contributed by atoms with van der Waals surface area (Å²) in [6.45, 7) is 2.70. The molecule has 1 aromatic carbocycles. The van der Waals surface area contributed by atoms with Gasteiger partial charge in [-0.2, -0.15) is 0 Å². The maximum Gasteiger partial charge on any atom is 0.372 e. The molecule has 0 spiro atoms. The summed E-state index contributed by atoms with van der Waals surface area (Å²) in [5, 5.41) is 8.59. The Morgan fingerprint density at radius 2 is 1.94 bits per heavy atom. The van der Waals surface area contributed by atoms with Crippen LogP contribution in [0.3, 0.4) is 0 Å². The summed E-state index contributed by atoms with van der Waals surface area (Å²) in [4.78, 5) is 21.7. The van der Waals surface area contributed by atoms with Gasteiger partial charge in [0.25, 0.3) is 0 Å². The number of ketones is 1. The van der Waals surface area contributed by atoms with Gasteiger partial charge < -0.3 is 9.84 Å². The van der Waals surface area contributed by atoms with Crippen LogP contribution < -0.4 is 4.74 Å². The van der Waals surface area contributed by atoms with Gasteiger partial charge in [0.05, 0.1) is 6.61 Å². The number of hydrogen-bond donors (Lipinski definition) is 1. The van der Waals surface area contributed by atoms with Crippen molar-refractivity contribution in [2.24, 2.45) is 0 Å². The third-order valence-electron chi connectivity index (χ3n) is 2.57. The standard InChI is InChI=1S/C14H18O4/c1-2-3-6-9-18-13-8-5-4-7-11(13)10-12(15)14(16)17/h4-5,7-8H,2-3,6,9-10H2,1H3,(H,16,17). The Morgan fingerprint density at radius 3 is 2.61 bits per heavy atom. The van der Waals surface area contributed by atoms with E-state index in [1.165, 1.54) is 0 Å². The lowest BCUT2D eigenvalue weighted by Crippen LogP contribution is -2.15. The van der Waals surface area contributed by atoms with E-state index in [1.54, 1.807) is 18.2 Å². The molecule has 0 aliphatic rings. The molecule has 0 heterocycles. The summed E-state index contributed by atoms with van der Waals surface area (Å²) in [5.74, 6) is -1.63. The summed E-state index contributed by atoms with van der Waals surface area (Å²) in [6.07, 6.45) is 3.04. The van der Waals surface area contributed by atoms with Gasteiger partial charge in [-0.1, -0.05) is 38.0 Å². The van der Waals surface area contributed by atoms with Crippen molar-refractivity contribution in [1.82, 2.24) is 0 Å². The number of carboxylic acid groups (broad SMARTS) is 1. The number of hydrogen-bond acceptors (Lipinski definition) is 3. The fourth-order valence-corrected chi connectivity index (χ4v) is 1.57. The van der Waals surface area contributed by atoms with Crippen LogP contribution >= 0.6 is 0 Å². The molecule has 0 bridgehead atoms. The van der Waals surface area contributed by atoms with Crippen molar-refractivity contribution in [3.05, 3.63) is 29.8 Å². The molecule has 98 valence electrons. The lowest BCUT2D eigenvalue weighted by atomic mass is 10.1. The minimum Gasteiger partial charge on any atom is -0.493 e. The van der Waals surface area contributed by atoms with Crippen LogP contribution in [0.2, 0.25) is 0 Å². The summed E-state index contributed by atoms with van der Waals surface area (Å²) in [6, 6.07) is 7.06. The van der Waals surface area contributed by atoms with E-state index in [9.17, 15) is 9.59 Å². The van der Waals surface area contributed by atoms with E-state index in [0.717, 1.165) is 19.3 Å². The van der Waals surface area contributed by atoms with Crippen molar-refractivity contribution in [2.45, 2.75) is 32.6 Å². The first-order valence-electron chi connectivity index (χ1n) is 6.12. The van der Waals surface area contributed by atoms with Gasteiger partial charge in [0, 0.05) is 12.0 Å². The molecule has 0 aromatic heterocycles. The summed E-state index contributed by atoms with van der Waals surface area (Å²) >= 11 is 0. The van der Waals surface area contributed by atoms with Crippen LogP contribution in [0.4, 0.5) is 0 Å². The average molecular weight is 250 g/mol. The molecule has 0 saturated carbocycles. The van der Waals surface area contributed by atoms with Crippen LogP contribution in [0.1, 0.15) is 31.7 Å². The number of carbonyl (C=O) groups excluding carboxylic acids is 1. The van der Waals surface area contributed by atoms with Gasteiger partial charge in [-0.25, -0.2) is 4.79 Å². The third-order valence-corrected chi connectivity index (χ3v) is 2.57.